The fourth-order valence-electron chi connectivity index (χ4n) is 2.69. The molecule has 6 heteroatoms. The quantitative estimate of drug-likeness (QED) is 0.874. The lowest BCUT2D eigenvalue weighted by Gasteiger charge is -2.31. The van der Waals surface area contributed by atoms with Crippen molar-refractivity contribution in [1.82, 2.24) is 15.0 Å². The van der Waals surface area contributed by atoms with Gasteiger partial charge in [0.25, 0.3) is 5.91 Å². The molecule has 1 amide bonds. The highest BCUT2D eigenvalue weighted by Gasteiger charge is 2.29. The predicted octanol–water partition coefficient (Wildman–Crippen LogP) is 3.02. The van der Waals surface area contributed by atoms with Crippen molar-refractivity contribution in [2.45, 2.75) is 39.0 Å². The summed E-state index contributed by atoms with van der Waals surface area (Å²) < 4.78 is 5.19. The van der Waals surface area contributed by atoms with Gasteiger partial charge in [-0.2, -0.15) is 4.98 Å². The highest BCUT2D eigenvalue weighted by atomic mass is 32.1. The van der Waals surface area contributed by atoms with Crippen molar-refractivity contribution < 1.29 is 9.32 Å². The van der Waals surface area contributed by atoms with Crippen LogP contribution in [0.15, 0.2) is 16.0 Å². The van der Waals surface area contributed by atoms with Crippen molar-refractivity contribution in [2.24, 2.45) is 0 Å². The monoisotopic (exact) mass is 305 g/mol. The van der Waals surface area contributed by atoms with Crippen LogP contribution in [0.2, 0.25) is 0 Å². The second kappa shape index (κ2) is 5.97. The van der Waals surface area contributed by atoms with Crippen LogP contribution >= 0.6 is 11.3 Å². The summed E-state index contributed by atoms with van der Waals surface area (Å²) in [4.78, 5) is 19.8. The van der Waals surface area contributed by atoms with Crippen LogP contribution in [0.4, 0.5) is 0 Å². The third-order valence-electron chi connectivity index (χ3n) is 3.92. The molecule has 1 unspecified atom stereocenters. The van der Waals surface area contributed by atoms with Gasteiger partial charge in [0.1, 0.15) is 0 Å². The second-order valence-electron chi connectivity index (χ2n) is 5.42. The number of aryl methyl sites for hydroxylation is 2. The van der Waals surface area contributed by atoms with Crippen LogP contribution in [0.5, 0.6) is 0 Å². The first-order valence-corrected chi connectivity index (χ1v) is 8.23. The van der Waals surface area contributed by atoms with Crippen LogP contribution in [-0.4, -0.2) is 34.0 Å². The number of aromatic nitrogens is 2. The Labute approximate surface area is 128 Å². The Bertz CT molecular complexity index is 634. The molecule has 1 aliphatic heterocycles. The smallest absolute Gasteiger partial charge is 0.264 e. The van der Waals surface area contributed by atoms with E-state index >= 15 is 0 Å². The number of hydrogen-bond acceptors (Lipinski definition) is 5. The molecule has 0 radical (unpaired) electrons. The predicted molar refractivity (Wildman–Crippen MR) is 80.6 cm³/mol. The third-order valence-corrected chi connectivity index (χ3v) is 4.92. The minimum Gasteiger partial charge on any atom is -0.339 e. The molecule has 1 atom stereocenters. The van der Waals surface area contributed by atoms with Gasteiger partial charge >= 0.3 is 0 Å². The van der Waals surface area contributed by atoms with Crippen LogP contribution in [0, 0.1) is 6.92 Å². The number of hydrogen-bond donors (Lipinski definition) is 0. The number of carbonyl (C=O) groups excluding carboxylic acids is 1. The van der Waals surface area contributed by atoms with E-state index < -0.39 is 0 Å². The van der Waals surface area contributed by atoms with E-state index in [1.165, 1.54) is 11.3 Å². The Balaban J connectivity index is 1.74. The molecule has 3 rings (SSSR count). The van der Waals surface area contributed by atoms with E-state index in [0.717, 1.165) is 42.1 Å². The second-order valence-corrected chi connectivity index (χ2v) is 6.34. The van der Waals surface area contributed by atoms with Gasteiger partial charge in [-0.1, -0.05) is 12.1 Å². The summed E-state index contributed by atoms with van der Waals surface area (Å²) in [5, 5.41) is 6.03. The fourth-order valence-corrected chi connectivity index (χ4v) is 3.58. The van der Waals surface area contributed by atoms with Crippen molar-refractivity contribution >= 4 is 17.2 Å². The number of thiophene rings is 1. The first-order valence-electron chi connectivity index (χ1n) is 7.35. The van der Waals surface area contributed by atoms with Crippen molar-refractivity contribution in [3.8, 4) is 0 Å². The molecule has 21 heavy (non-hydrogen) atoms. The number of rotatable bonds is 3. The lowest BCUT2D eigenvalue weighted by molar-refractivity contribution is 0.0708. The Morgan fingerprint density at radius 1 is 1.57 bits per heavy atom. The van der Waals surface area contributed by atoms with Crippen molar-refractivity contribution in [1.29, 1.82) is 0 Å². The van der Waals surface area contributed by atoms with E-state index in [4.69, 9.17) is 4.52 Å². The topological polar surface area (TPSA) is 59.2 Å². The molecule has 2 aromatic rings. The first-order chi connectivity index (χ1) is 10.2. The van der Waals surface area contributed by atoms with E-state index in [-0.39, 0.29) is 11.8 Å². The third kappa shape index (κ3) is 2.85. The normalized spacial score (nSPS) is 19.0. The van der Waals surface area contributed by atoms with E-state index in [2.05, 4.69) is 10.1 Å². The molecule has 3 heterocycles. The fraction of sp³-hybridized carbons (Fsp3) is 0.533. The molecule has 2 aromatic heterocycles. The average Bonchev–Trinajstić information content (AvgIpc) is 3.15. The number of nitrogens with zero attached hydrogens (tertiary/aromatic N) is 3. The minimum absolute atomic E-state index is 0.131. The maximum absolute atomic E-state index is 12.6. The highest BCUT2D eigenvalue weighted by molar-refractivity contribution is 7.12. The Morgan fingerprint density at radius 2 is 2.43 bits per heavy atom. The van der Waals surface area contributed by atoms with E-state index in [9.17, 15) is 4.79 Å². The summed E-state index contributed by atoms with van der Waals surface area (Å²) >= 11 is 1.52. The average molecular weight is 305 g/mol. The summed E-state index contributed by atoms with van der Waals surface area (Å²) in [6.45, 7) is 5.47. The number of carbonyl (C=O) groups is 1. The summed E-state index contributed by atoms with van der Waals surface area (Å²) in [7, 11) is 0. The van der Waals surface area contributed by atoms with Crippen molar-refractivity contribution in [3.63, 3.8) is 0 Å². The highest BCUT2D eigenvalue weighted by Crippen LogP contribution is 2.27. The van der Waals surface area contributed by atoms with E-state index in [0.29, 0.717) is 12.4 Å². The summed E-state index contributed by atoms with van der Waals surface area (Å²) in [6, 6.07) is 1.99. The Hall–Kier alpha value is -1.69. The van der Waals surface area contributed by atoms with Crippen LogP contribution in [0.1, 0.15) is 52.6 Å². The van der Waals surface area contributed by atoms with Crippen LogP contribution in [-0.2, 0) is 6.42 Å². The first kappa shape index (κ1) is 14.3. The summed E-state index contributed by atoms with van der Waals surface area (Å²) in [5.41, 5.74) is 1.06. The molecule has 0 spiro atoms. The van der Waals surface area contributed by atoms with E-state index in [1.54, 1.807) is 0 Å². The van der Waals surface area contributed by atoms with Gasteiger partial charge in [0.2, 0.25) is 5.89 Å². The zero-order valence-corrected chi connectivity index (χ0v) is 13.2. The van der Waals surface area contributed by atoms with Crippen LogP contribution < -0.4 is 0 Å². The molecule has 1 saturated heterocycles. The number of amides is 1. The lowest BCUT2D eigenvalue weighted by atomic mass is 9.97. The van der Waals surface area contributed by atoms with Crippen LogP contribution in [0.25, 0.3) is 0 Å². The molecule has 0 saturated carbocycles. The largest absolute Gasteiger partial charge is 0.339 e. The molecule has 5 nitrogen and oxygen atoms in total. The van der Waals surface area contributed by atoms with Gasteiger partial charge in [-0.3, -0.25) is 4.79 Å². The lowest BCUT2D eigenvalue weighted by Crippen LogP contribution is -2.39. The zero-order valence-electron chi connectivity index (χ0n) is 12.3. The summed E-state index contributed by atoms with van der Waals surface area (Å²) in [5.74, 6) is 1.73. The Kier molecular flexibility index (Phi) is 4.05. The standard InChI is InChI=1S/C15H19N3O2S/c1-3-12-16-14(17-20-12)11-5-4-7-18(9-11)15(19)13-10(2)6-8-21-13/h6,8,11H,3-5,7,9H2,1-2H3. The minimum atomic E-state index is 0.131. The zero-order chi connectivity index (χ0) is 14.8. The number of likely N-dealkylation sites (tertiary alicyclic amines) is 1. The Morgan fingerprint density at radius 3 is 3.10 bits per heavy atom. The van der Waals surface area contributed by atoms with E-state index in [1.807, 2.05) is 30.2 Å². The molecule has 0 aromatic carbocycles. The number of piperidine rings is 1. The molecule has 1 aliphatic rings. The van der Waals surface area contributed by atoms with Gasteiger partial charge in [-0.15, -0.1) is 11.3 Å². The summed E-state index contributed by atoms with van der Waals surface area (Å²) in [6.07, 6.45) is 2.74. The van der Waals surface area contributed by atoms with Gasteiger partial charge in [0, 0.05) is 25.4 Å². The van der Waals surface area contributed by atoms with Gasteiger partial charge in [0.15, 0.2) is 5.82 Å². The molecule has 1 fully saturated rings. The molecular formula is C15H19N3O2S. The van der Waals surface area contributed by atoms with Crippen LogP contribution in [0.3, 0.4) is 0 Å². The molecule has 0 N–H and O–H groups in total. The maximum atomic E-state index is 12.6. The van der Waals surface area contributed by atoms with Gasteiger partial charge in [-0.05, 0) is 36.8 Å². The molecule has 0 aliphatic carbocycles. The molecule has 112 valence electrons. The molecular weight excluding hydrogens is 286 g/mol. The van der Waals surface area contributed by atoms with Gasteiger partial charge in [-0.25, -0.2) is 0 Å². The van der Waals surface area contributed by atoms with Crippen molar-refractivity contribution in [2.75, 3.05) is 13.1 Å². The van der Waals surface area contributed by atoms with Gasteiger partial charge in [0.05, 0.1) is 4.88 Å². The maximum Gasteiger partial charge on any atom is 0.264 e. The van der Waals surface area contributed by atoms with Crippen molar-refractivity contribution in [3.05, 3.63) is 33.6 Å². The molecule has 0 bridgehead atoms. The van der Waals surface area contributed by atoms with Gasteiger partial charge < -0.3 is 9.42 Å². The SMILES string of the molecule is CCc1nc(C2CCCN(C(=O)c3sccc3C)C2)no1.